The first kappa shape index (κ1) is 11.4. The van der Waals surface area contributed by atoms with Crippen LogP contribution >= 0.6 is 15.9 Å². The van der Waals surface area contributed by atoms with Crippen LogP contribution in [0.25, 0.3) is 0 Å². The van der Waals surface area contributed by atoms with Crippen LogP contribution in [0, 0.1) is 5.41 Å². The van der Waals surface area contributed by atoms with Crippen molar-refractivity contribution < 1.29 is 19.8 Å². The first-order chi connectivity index (χ1) is 5.51. The molecule has 70 valence electrons. The number of hydrogen-bond acceptors (Lipinski definition) is 4. The minimum atomic E-state index is -1.84. The fraction of sp³-hybridized carbons (Fsp3) is 0.714. The van der Waals surface area contributed by atoms with Gasteiger partial charge in [0.2, 0.25) is 0 Å². The number of hydrogen-bond donors (Lipinski definition) is 0. The van der Waals surface area contributed by atoms with Crippen LogP contribution in [0.1, 0.15) is 19.8 Å². The Bertz CT molecular complexity index is 176. The Hall–Kier alpha value is -0.580. The Balaban J connectivity index is 4.76. The third-order valence-electron chi connectivity index (χ3n) is 1.91. The highest BCUT2D eigenvalue weighted by molar-refractivity contribution is 9.09. The van der Waals surface area contributed by atoms with Crippen molar-refractivity contribution >= 4 is 27.9 Å². The van der Waals surface area contributed by atoms with Gasteiger partial charge in [0.25, 0.3) is 0 Å². The van der Waals surface area contributed by atoms with Gasteiger partial charge < -0.3 is 19.8 Å². The Morgan fingerprint density at radius 2 is 1.75 bits per heavy atom. The van der Waals surface area contributed by atoms with Crippen molar-refractivity contribution in [2.45, 2.75) is 19.8 Å². The Morgan fingerprint density at radius 1 is 1.33 bits per heavy atom. The molecule has 0 aromatic carbocycles. The number of halogens is 1. The van der Waals surface area contributed by atoms with Crippen LogP contribution in [-0.2, 0) is 9.59 Å². The Labute approximate surface area is 78.7 Å². The molecule has 5 heteroatoms. The second-order valence-electron chi connectivity index (χ2n) is 2.45. The predicted octanol–water partition coefficient (Wildman–Crippen LogP) is -1.33. The lowest BCUT2D eigenvalue weighted by Gasteiger charge is -2.34. The molecule has 0 aliphatic rings. The Kier molecular flexibility index (Phi) is 4.23. The molecule has 0 amide bonds. The highest BCUT2D eigenvalue weighted by atomic mass is 79.9. The summed E-state index contributed by atoms with van der Waals surface area (Å²) in [5.41, 5.74) is -1.84. The zero-order valence-corrected chi connectivity index (χ0v) is 8.22. The molecule has 0 aliphatic carbocycles. The van der Waals surface area contributed by atoms with Crippen molar-refractivity contribution in [2.75, 3.05) is 5.33 Å². The summed E-state index contributed by atoms with van der Waals surface area (Å²) in [7, 11) is 0. The average Bonchev–Trinajstić information content (AvgIpc) is 1.98. The molecular formula is C7H9BrO4-2. The van der Waals surface area contributed by atoms with Gasteiger partial charge in [-0.3, -0.25) is 0 Å². The second-order valence-corrected chi connectivity index (χ2v) is 3.24. The SMILES string of the molecule is CCC(CCBr)(C(=O)[O-])C(=O)[O-]. The van der Waals surface area contributed by atoms with Gasteiger partial charge in [-0.25, -0.2) is 0 Å². The normalized spacial score (nSPS) is 11.2. The maximum absolute atomic E-state index is 10.5. The molecule has 0 aromatic rings. The van der Waals surface area contributed by atoms with E-state index in [4.69, 9.17) is 0 Å². The molecule has 0 rings (SSSR count). The lowest BCUT2D eigenvalue weighted by molar-refractivity contribution is -0.343. The van der Waals surface area contributed by atoms with Gasteiger partial charge >= 0.3 is 0 Å². The van der Waals surface area contributed by atoms with E-state index in [9.17, 15) is 19.8 Å². The summed E-state index contributed by atoms with van der Waals surface area (Å²) in [5, 5.41) is 21.4. The van der Waals surface area contributed by atoms with Crippen molar-refractivity contribution in [3.63, 3.8) is 0 Å². The zero-order chi connectivity index (χ0) is 9.78. The van der Waals surface area contributed by atoms with E-state index in [1.165, 1.54) is 6.92 Å². The Morgan fingerprint density at radius 3 is 1.83 bits per heavy atom. The number of carboxylic acids is 2. The molecule has 12 heavy (non-hydrogen) atoms. The fourth-order valence-electron chi connectivity index (χ4n) is 0.914. The standard InChI is InChI=1S/C7H11BrO4/c1-2-7(3-4-8,5(9)10)6(11)12/h2-4H2,1H3,(H,9,10)(H,11,12)/p-2. The fourth-order valence-corrected chi connectivity index (χ4v) is 1.59. The van der Waals surface area contributed by atoms with Gasteiger partial charge in [0.1, 0.15) is 0 Å². The highest BCUT2D eigenvalue weighted by Crippen LogP contribution is 2.25. The van der Waals surface area contributed by atoms with Crippen molar-refractivity contribution in [2.24, 2.45) is 5.41 Å². The smallest absolute Gasteiger partial charge is 0.0532 e. The molecular weight excluding hydrogens is 228 g/mol. The number of carbonyl (C=O) groups is 2. The summed E-state index contributed by atoms with van der Waals surface area (Å²) >= 11 is 2.98. The molecule has 0 N–H and O–H groups in total. The maximum atomic E-state index is 10.5. The van der Waals surface area contributed by atoms with E-state index in [-0.39, 0.29) is 12.8 Å². The van der Waals surface area contributed by atoms with Gasteiger partial charge in [-0.05, 0) is 12.8 Å². The molecule has 0 aliphatic heterocycles. The molecule has 0 aromatic heterocycles. The average molecular weight is 237 g/mol. The van der Waals surface area contributed by atoms with Crippen LogP contribution in [0.2, 0.25) is 0 Å². The monoisotopic (exact) mass is 236 g/mol. The van der Waals surface area contributed by atoms with E-state index in [0.717, 1.165) is 0 Å². The summed E-state index contributed by atoms with van der Waals surface area (Å²) < 4.78 is 0. The van der Waals surface area contributed by atoms with E-state index < -0.39 is 17.4 Å². The first-order valence-corrected chi connectivity index (χ1v) is 4.62. The summed E-state index contributed by atoms with van der Waals surface area (Å²) in [6, 6.07) is 0. The zero-order valence-electron chi connectivity index (χ0n) is 6.63. The van der Waals surface area contributed by atoms with Gasteiger partial charge in [-0.15, -0.1) is 0 Å². The van der Waals surface area contributed by atoms with Crippen molar-refractivity contribution in [1.82, 2.24) is 0 Å². The van der Waals surface area contributed by atoms with Crippen molar-refractivity contribution in [3.8, 4) is 0 Å². The largest absolute Gasteiger partial charge is 0.549 e. The van der Waals surface area contributed by atoms with E-state index in [1.54, 1.807) is 0 Å². The summed E-state index contributed by atoms with van der Waals surface area (Å²) in [6.45, 7) is 1.48. The van der Waals surface area contributed by atoms with Crippen LogP contribution in [0.4, 0.5) is 0 Å². The molecule has 0 saturated heterocycles. The molecule has 0 heterocycles. The van der Waals surface area contributed by atoms with E-state index in [0.29, 0.717) is 5.33 Å². The first-order valence-electron chi connectivity index (χ1n) is 3.50. The van der Waals surface area contributed by atoms with E-state index in [2.05, 4.69) is 15.9 Å². The van der Waals surface area contributed by atoms with Crippen LogP contribution in [0.5, 0.6) is 0 Å². The van der Waals surface area contributed by atoms with E-state index >= 15 is 0 Å². The number of rotatable bonds is 5. The number of aliphatic carboxylic acids is 2. The third-order valence-corrected chi connectivity index (χ3v) is 2.30. The molecule has 4 nitrogen and oxygen atoms in total. The lowest BCUT2D eigenvalue weighted by atomic mass is 9.83. The van der Waals surface area contributed by atoms with Crippen molar-refractivity contribution in [1.29, 1.82) is 0 Å². The van der Waals surface area contributed by atoms with Gasteiger partial charge in [0.05, 0.1) is 11.9 Å². The summed E-state index contributed by atoms with van der Waals surface area (Å²) in [6.07, 6.45) is -0.0442. The minimum absolute atomic E-state index is 0.0197. The van der Waals surface area contributed by atoms with Gasteiger partial charge in [-0.2, -0.15) is 0 Å². The number of carbonyl (C=O) groups excluding carboxylic acids is 2. The number of carboxylic acid groups (broad SMARTS) is 2. The second kappa shape index (κ2) is 4.45. The molecule has 0 saturated carbocycles. The van der Waals surface area contributed by atoms with Gasteiger partial charge in [-0.1, -0.05) is 22.9 Å². The summed E-state index contributed by atoms with van der Waals surface area (Å²) in [4.78, 5) is 21.1. The lowest BCUT2D eigenvalue weighted by Crippen LogP contribution is -2.53. The van der Waals surface area contributed by atoms with Gasteiger partial charge in [0.15, 0.2) is 0 Å². The van der Waals surface area contributed by atoms with Crippen LogP contribution in [0.15, 0.2) is 0 Å². The van der Waals surface area contributed by atoms with Crippen LogP contribution in [0.3, 0.4) is 0 Å². The predicted molar refractivity (Wildman–Crippen MR) is 41.1 cm³/mol. The maximum Gasteiger partial charge on any atom is 0.0532 e. The summed E-state index contributed by atoms with van der Waals surface area (Å²) in [5.74, 6) is -3.16. The topological polar surface area (TPSA) is 80.3 Å². The third kappa shape index (κ3) is 1.97. The molecule has 0 spiro atoms. The van der Waals surface area contributed by atoms with Gasteiger partial charge in [0, 0.05) is 10.7 Å². The molecule has 0 fully saturated rings. The number of alkyl halides is 1. The highest BCUT2D eigenvalue weighted by Gasteiger charge is 2.30. The van der Waals surface area contributed by atoms with Crippen LogP contribution in [-0.4, -0.2) is 17.3 Å². The molecule has 0 unspecified atom stereocenters. The van der Waals surface area contributed by atoms with E-state index in [1.807, 2.05) is 0 Å². The molecule has 0 bridgehead atoms. The van der Waals surface area contributed by atoms with Crippen molar-refractivity contribution in [3.05, 3.63) is 0 Å². The molecule has 0 radical (unpaired) electrons. The molecule has 0 atom stereocenters. The minimum Gasteiger partial charge on any atom is -0.549 e. The van der Waals surface area contributed by atoms with Crippen LogP contribution < -0.4 is 10.2 Å². The quantitative estimate of drug-likeness (QED) is 0.438.